The number of ether oxygens (including phenoxy) is 1. The summed E-state index contributed by atoms with van der Waals surface area (Å²) in [6.07, 6.45) is 4.15. The first-order chi connectivity index (χ1) is 14.5. The van der Waals surface area contributed by atoms with Crippen LogP contribution in [0.15, 0.2) is 42.5 Å². The largest absolute Gasteiger partial charge is 0.377 e. The van der Waals surface area contributed by atoms with E-state index in [1.54, 1.807) is 0 Å². The molecular formula is C26H36N2O2. The van der Waals surface area contributed by atoms with Crippen LogP contribution in [0.5, 0.6) is 0 Å². The van der Waals surface area contributed by atoms with Crippen molar-refractivity contribution in [2.75, 3.05) is 20.2 Å². The quantitative estimate of drug-likeness (QED) is 0.629. The van der Waals surface area contributed by atoms with Crippen LogP contribution in [0.3, 0.4) is 0 Å². The normalized spacial score (nSPS) is 15.5. The molecule has 0 atom stereocenters. The van der Waals surface area contributed by atoms with Crippen molar-refractivity contribution in [1.29, 1.82) is 0 Å². The van der Waals surface area contributed by atoms with E-state index >= 15 is 0 Å². The summed E-state index contributed by atoms with van der Waals surface area (Å²) in [5.41, 5.74) is 5.63. The molecule has 1 amide bonds. The zero-order chi connectivity index (χ0) is 21.6. The second-order valence-electron chi connectivity index (χ2n) is 8.38. The van der Waals surface area contributed by atoms with Gasteiger partial charge in [-0.2, -0.15) is 0 Å². The van der Waals surface area contributed by atoms with E-state index < -0.39 is 0 Å². The van der Waals surface area contributed by atoms with Gasteiger partial charge in [-0.25, -0.2) is 0 Å². The molecule has 4 heteroatoms. The lowest BCUT2D eigenvalue weighted by Gasteiger charge is -2.36. The van der Waals surface area contributed by atoms with Crippen LogP contribution in [0.2, 0.25) is 0 Å². The zero-order valence-corrected chi connectivity index (χ0v) is 19.0. The Balaban J connectivity index is 1.79. The highest BCUT2D eigenvalue weighted by Crippen LogP contribution is 2.35. The van der Waals surface area contributed by atoms with Crippen molar-refractivity contribution in [3.8, 4) is 11.1 Å². The van der Waals surface area contributed by atoms with E-state index in [4.69, 9.17) is 4.74 Å². The Hall–Kier alpha value is -2.17. The fraction of sp³-hybridized carbons (Fsp3) is 0.500. The number of aryl methyl sites for hydroxylation is 1. The van der Waals surface area contributed by atoms with Crippen molar-refractivity contribution in [2.45, 2.75) is 65.1 Å². The Morgan fingerprint density at radius 3 is 2.50 bits per heavy atom. The van der Waals surface area contributed by atoms with Crippen molar-refractivity contribution in [3.05, 3.63) is 59.2 Å². The molecule has 0 bridgehead atoms. The third kappa shape index (κ3) is 4.76. The van der Waals surface area contributed by atoms with Gasteiger partial charge in [0.2, 0.25) is 5.91 Å². The van der Waals surface area contributed by atoms with E-state index in [0.717, 1.165) is 37.8 Å². The molecule has 1 saturated carbocycles. The first-order valence-electron chi connectivity index (χ1n) is 11.3. The van der Waals surface area contributed by atoms with Crippen LogP contribution < -0.4 is 5.32 Å². The third-order valence-corrected chi connectivity index (χ3v) is 6.58. The topological polar surface area (TPSA) is 41.6 Å². The summed E-state index contributed by atoms with van der Waals surface area (Å²) in [6.45, 7) is 8.96. The van der Waals surface area contributed by atoms with Crippen molar-refractivity contribution >= 4 is 5.91 Å². The maximum Gasteiger partial charge on any atom is 0.240 e. The minimum Gasteiger partial charge on any atom is -0.377 e. The van der Waals surface area contributed by atoms with Gasteiger partial charge in [0, 0.05) is 13.2 Å². The molecule has 2 aromatic rings. The maximum atomic E-state index is 13.2. The van der Waals surface area contributed by atoms with Crippen LogP contribution >= 0.6 is 0 Å². The number of likely N-dealkylation sites (N-methyl/N-ethyl adjacent to an activating group) is 1. The van der Waals surface area contributed by atoms with Crippen molar-refractivity contribution in [3.63, 3.8) is 0 Å². The molecular weight excluding hydrogens is 372 g/mol. The van der Waals surface area contributed by atoms with E-state index in [0.29, 0.717) is 19.8 Å². The van der Waals surface area contributed by atoms with Crippen LogP contribution in [0.1, 0.15) is 56.2 Å². The van der Waals surface area contributed by atoms with Crippen molar-refractivity contribution in [1.82, 2.24) is 10.2 Å². The molecule has 0 radical (unpaired) electrons. The highest BCUT2D eigenvalue weighted by molar-refractivity contribution is 5.86. The van der Waals surface area contributed by atoms with E-state index in [2.05, 4.69) is 73.6 Å². The van der Waals surface area contributed by atoms with Gasteiger partial charge in [-0.15, -0.1) is 0 Å². The fourth-order valence-corrected chi connectivity index (χ4v) is 4.62. The van der Waals surface area contributed by atoms with Gasteiger partial charge in [-0.05, 0) is 68.1 Å². The Morgan fingerprint density at radius 2 is 1.83 bits per heavy atom. The van der Waals surface area contributed by atoms with Crippen LogP contribution in [0.25, 0.3) is 11.1 Å². The molecule has 0 aromatic heterocycles. The highest BCUT2D eigenvalue weighted by atomic mass is 16.5. The lowest BCUT2D eigenvalue weighted by molar-refractivity contribution is -0.132. The van der Waals surface area contributed by atoms with Gasteiger partial charge in [0.1, 0.15) is 5.54 Å². The van der Waals surface area contributed by atoms with Crippen LogP contribution in [0, 0.1) is 6.92 Å². The average molecular weight is 409 g/mol. The van der Waals surface area contributed by atoms with Crippen LogP contribution in [0.4, 0.5) is 0 Å². The standard InChI is InChI=1S/C26H36N2O2/c1-5-28(4)26(15-9-10-16-26)25(29)27-18-21-13-14-24(22(17-21)19-30-6-2)23-12-8-7-11-20(23)3/h7-8,11-14,17H,5-6,9-10,15-16,18-19H2,1-4H3,(H,27,29). The number of nitrogens with zero attached hydrogens (tertiary/aromatic N) is 1. The van der Waals surface area contributed by atoms with Gasteiger partial charge >= 0.3 is 0 Å². The molecule has 1 fully saturated rings. The molecule has 1 aliphatic carbocycles. The van der Waals surface area contributed by atoms with E-state index in [1.807, 2.05) is 6.92 Å². The average Bonchev–Trinajstić information content (AvgIpc) is 3.27. The zero-order valence-electron chi connectivity index (χ0n) is 19.0. The molecule has 1 aliphatic rings. The van der Waals surface area contributed by atoms with Crippen molar-refractivity contribution < 1.29 is 9.53 Å². The molecule has 30 heavy (non-hydrogen) atoms. The first kappa shape index (κ1) is 22.5. The summed E-state index contributed by atoms with van der Waals surface area (Å²) in [4.78, 5) is 15.4. The van der Waals surface area contributed by atoms with E-state index in [-0.39, 0.29) is 11.4 Å². The first-order valence-corrected chi connectivity index (χ1v) is 11.3. The summed E-state index contributed by atoms with van der Waals surface area (Å²) in [5.74, 6) is 0.165. The Labute approximate surface area is 181 Å². The fourth-order valence-electron chi connectivity index (χ4n) is 4.62. The predicted octanol–water partition coefficient (Wildman–Crippen LogP) is 5.08. The second-order valence-corrected chi connectivity index (χ2v) is 8.38. The number of amides is 1. The number of nitrogens with one attached hydrogen (secondary N) is 1. The summed E-state index contributed by atoms with van der Waals surface area (Å²) < 4.78 is 5.75. The summed E-state index contributed by atoms with van der Waals surface area (Å²) in [6, 6.07) is 14.9. The smallest absolute Gasteiger partial charge is 0.240 e. The number of rotatable bonds is 9. The molecule has 0 saturated heterocycles. The molecule has 162 valence electrons. The lowest BCUT2D eigenvalue weighted by Crippen LogP contribution is -2.55. The number of hydrogen-bond acceptors (Lipinski definition) is 3. The minimum absolute atomic E-state index is 0.165. The van der Waals surface area contributed by atoms with Crippen molar-refractivity contribution in [2.24, 2.45) is 0 Å². The summed E-state index contributed by atoms with van der Waals surface area (Å²) >= 11 is 0. The SMILES string of the molecule is CCOCc1cc(CNC(=O)C2(N(C)CC)CCCC2)ccc1-c1ccccc1C. The molecule has 0 spiro atoms. The van der Waals surface area contributed by atoms with Gasteiger partial charge in [0.15, 0.2) is 0 Å². The number of carbonyl (C=O) groups excluding carboxylic acids is 1. The highest BCUT2D eigenvalue weighted by Gasteiger charge is 2.43. The van der Waals surface area contributed by atoms with Gasteiger partial charge in [0.25, 0.3) is 0 Å². The van der Waals surface area contributed by atoms with E-state index in [9.17, 15) is 4.79 Å². The van der Waals surface area contributed by atoms with E-state index in [1.165, 1.54) is 22.3 Å². The Bertz CT molecular complexity index is 856. The maximum absolute atomic E-state index is 13.2. The molecule has 0 unspecified atom stereocenters. The third-order valence-electron chi connectivity index (χ3n) is 6.58. The predicted molar refractivity (Wildman–Crippen MR) is 123 cm³/mol. The van der Waals surface area contributed by atoms with Gasteiger partial charge in [0.05, 0.1) is 6.61 Å². The molecule has 4 nitrogen and oxygen atoms in total. The van der Waals surface area contributed by atoms with Gasteiger partial charge < -0.3 is 10.1 Å². The lowest BCUT2D eigenvalue weighted by atomic mass is 9.93. The Kier molecular flexibility index (Phi) is 7.68. The van der Waals surface area contributed by atoms with Gasteiger partial charge in [-0.1, -0.05) is 62.2 Å². The molecule has 3 rings (SSSR count). The molecule has 0 heterocycles. The number of carbonyl (C=O) groups is 1. The molecule has 0 aliphatic heterocycles. The molecule has 1 N–H and O–H groups in total. The van der Waals surface area contributed by atoms with Crippen LogP contribution in [-0.4, -0.2) is 36.5 Å². The summed E-state index contributed by atoms with van der Waals surface area (Å²) in [7, 11) is 2.07. The van der Waals surface area contributed by atoms with Gasteiger partial charge in [-0.3, -0.25) is 9.69 Å². The second kappa shape index (κ2) is 10.2. The number of benzene rings is 2. The Morgan fingerprint density at radius 1 is 1.10 bits per heavy atom. The number of hydrogen-bond donors (Lipinski definition) is 1. The van der Waals surface area contributed by atoms with Crippen LogP contribution in [-0.2, 0) is 22.7 Å². The molecule has 2 aromatic carbocycles. The minimum atomic E-state index is -0.343. The monoisotopic (exact) mass is 408 g/mol. The summed E-state index contributed by atoms with van der Waals surface area (Å²) in [5, 5.41) is 3.23.